The monoisotopic (exact) mass is 437 g/mol. The Morgan fingerprint density at radius 3 is 2.25 bits per heavy atom. The van der Waals surface area contributed by atoms with E-state index in [-0.39, 0.29) is 0 Å². The van der Waals surface area contributed by atoms with Crippen LogP contribution in [-0.4, -0.2) is 4.98 Å². The number of ether oxygens (including phenoxy) is 1. The van der Waals surface area contributed by atoms with Crippen LogP contribution in [0.3, 0.4) is 0 Å². The fraction of sp³-hybridized carbons (Fsp3) is 0.0833. The summed E-state index contributed by atoms with van der Waals surface area (Å²) in [6.07, 6.45) is 1.80. The second-order valence-electron chi connectivity index (χ2n) is 3.23. The first-order valence-corrected chi connectivity index (χ1v) is 6.88. The van der Waals surface area contributed by atoms with Gasteiger partial charge in [0.2, 0.25) is 5.88 Å². The molecule has 0 N–H and O–H groups in total. The van der Waals surface area contributed by atoms with Gasteiger partial charge in [0.05, 0.1) is 0 Å². The molecule has 0 radical (unpaired) electrons. The van der Waals surface area contributed by atoms with Gasteiger partial charge >= 0.3 is 0 Å². The van der Waals surface area contributed by atoms with Crippen molar-refractivity contribution in [3.8, 4) is 5.88 Å². The topological polar surface area (TPSA) is 22.1 Å². The van der Waals surface area contributed by atoms with Crippen molar-refractivity contribution in [3.05, 3.63) is 55.3 Å². The molecular formula is C12H9I2NO. The molecule has 0 spiro atoms. The molecular weight excluding hydrogens is 428 g/mol. The van der Waals surface area contributed by atoms with Gasteiger partial charge in [0.1, 0.15) is 6.61 Å². The summed E-state index contributed by atoms with van der Waals surface area (Å²) in [7, 11) is 0. The van der Waals surface area contributed by atoms with Crippen LogP contribution in [0.15, 0.2) is 42.6 Å². The van der Waals surface area contributed by atoms with Gasteiger partial charge in [0.15, 0.2) is 0 Å². The van der Waals surface area contributed by atoms with Crippen molar-refractivity contribution in [3.63, 3.8) is 0 Å². The van der Waals surface area contributed by atoms with Gasteiger partial charge in [0.25, 0.3) is 0 Å². The Hall–Kier alpha value is -0.370. The van der Waals surface area contributed by atoms with Crippen LogP contribution < -0.4 is 4.74 Å². The lowest BCUT2D eigenvalue weighted by molar-refractivity contribution is 0.294. The second kappa shape index (κ2) is 5.81. The number of aromatic nitrogens is 1. The zero-order chi connectivity index (χ0) is 11.4. The number of hydrogen-bond donors (Lipinski definition) is 0. The van der Waals surface area contributed by atoms with Gasteiger partial charge in [-0.15, -0.1) is 0 Å². The first-order valence-electron chi connectivity index (χ1n) is 4.73. The zero-order valence-electron chi connectivity index (χ0n) is 8.36. The van der Waals surface area contributed by atoms with E-state index in [1.54, 1.807) is 6.20 Å². The Kier molecular flexibility index (Phi) is 4.39. The molecule has 1 heterocycles. The van der Waals surface area contributed by atoms with Crippen molar-refractivity contribution in [1.82, 2.24) is 4.98 Å². The Labute approximate surface area is 122 Å². The van der Waals surface area contributed by atoms with E-state index in [0.29, 0.717) is 12.5 Å². The molecule has 82 valence electrons. The first-order chi connectivity index (χ1) is 7.74. The summed E-state index contributed by atoms with van der Waals surface area (Å²) in [6.45, 7) is 0.560. The van der Waals surface area contributed by atoms with E-state index in [9.17, 15) is 0 Å². The minimum atomic E-state index is 0.560. The van der Waals surface area contributed by atoms with Gasteiger partial charge < -0.3 is 4.74 Å². The highest BCUT2D eigenvalue weighted by molar-refractivity contribution is 14.1. The molecule has 0 saturated heterocycles. The van der Waals surface area contributed by atoms with Gasteiger partial charge in [-0.05, 0) is 68.9 Å². The van der Waals surface area contributed by atoms with Crippen LogP contribution >= 0.6 is 45.2 Å². The largest absolute Gasteiger partial charge is 0.473 e. The Bertz CT molecular complexity index is 408. The third-order valence-corrected chi connectivity index (χ3v) is 3.36. The molecule has 2 aromatic rings. The van der Waals surface area contributed by atoms with Crippen molar-refractivity contribution in [2.45, 2.75) is 6.61 Å². The predicted molar refractivity (Wildman–Crippen MR) is 80.4 cm³/mol. The normalized spacial score (nSPS) is 10.1. The molecule has 0 fully saturated rings. The average Bonchev–Trinajstić information content (AvgIpc) is 2.30. The summed E-state index contributed by atoms with van der Waals surface area (Å²) in [6, 6.07) is 12.1. The van der Waals surface area contributed by atoms with E-state index in [4.69, 9.17) is 4.74 Å². The average molecular weight is 437 g/mol. The first kappa shape index (κ1) is 12.1. The standard InChI is InChI=1S/C12H9I2NO/c13-10-3-1-9(2-4-10)8-16-12-6-5-11(14)7-15-12/h1-7H,8H2. The van der Waals surface area contributed by atoms with Crippen LogP contribution in [0.1, 0.15) is 5.56 Å². The molecule has 16 heavy (non-hydrogen) atoms. The molecule has 0 aliphatic rings. The summed E-state index contributed by atoms with van der Waals surface area (Å²) in [5.74, 6) is 0.666. The van der Waals surface area contributed by atoms with E-state index < -0.39 is 0 Å². The quantitative estimate of drug-likeness (QED) is 0.681. The van der Waals surface area contributed by atoms with Crippen LogP contribution in [0.4, 0.5) is 0 Å². The fourth-order valence-electron chi connectivity index (χ4n) is 1.19. The summed E-state index contributed by atoms with van der Waals surface area (Å²) in [4.78, 5) is 4.18. The molecule has 1 aromatic carbocycles. The molecule has 0 saturated carbocycles. The molecule has 0 aliphatic carbocycles. The Morgan fingerprint density at radius 2 is 1.62 bits per heavy atom. The minimum absolute atomic E-state index is 0.560. The van der Waals surface area contributed by atoms with Crippen LogP contribution in [0.2, 0.25) is 0 Å². The highest BCUT2D eigenvalue weighted by atomic mass is 127. The summed E-state index contributed by atoms with van der Waals surface area (Å²) in [5.41, 5.74) is 1.15. The maximum Gasteiger partial charge on any atom is 0.213 e. The van der Waals surface area contributed by atoms with Crippen molar-refractivity contribution in [2.24, 2.45) is 0 Å². The number of benzene rings is 1. The Balaban J connectivity index is 1.97. The lowest BCUT2D eigenvalue weighted by atomic mass is 10.2. The third-order valence-electron chi connectivity index (χ3n) is 2.00. The van der Waals surface area contributed by atoms with Crippen molar-refractivity contribution in [2.75, 3.05) is 0 Å². The smallest absolute Gasteiger partial charge is 0.213 e. The van der Waals surface area contributed by atoms with Gasteiger partial charge in [-0.3, -0.25) is 0 Å². The SMILES string of the molecule is Ic1ccc(COc2ccc(I)cn2)cc1. The summed E-state index contributed by atoms with van der Waals surface area (Å²) < 4.78 is 7.91. The molecule has 0 unspecified atom stereocenters. The number of rotatable bonds is 3. The highest BCUT2D eigenvalue weighted by Gasteiger charge is 1.97. The van der Waals surface area contributed by atoms with Crippen molar-refractivity contribution < 1.29 is 4.74 Å². The number of hydrogen-bond acceptors (Lipinski definition) is 2. The van der Waals surface area contributed by atoms with Crippen LogP contribution in [0.5, 0.6) is 5.88 Å². The van der Waals surface area contributed by atoms with E-state index in [2.05, 4.69) is 74.4 Å². The van der Waals surface area contributed by atoms with E-state index >= 15 is 0 Å². The van der Waals surface area contributed by atoms with Crippen molar-refractivity contribution in [1.29, 1.82) is 0 Å². The zero-order valence-corrected chi connectivity index (χ0v) is 12.7. The van der Waals surface area contributed by atoms with Crippen LogP contribution in [-0.2, 0) is 6.61 Å². The lowest BCUT2D eigenvalue weighted by Crippen LogP contribution is -1.97. The summed E-state index contributed by atoms with van der Waals surface area (Å²) >= 11 is 4.51. The van der Waals surface area contributed by atoms with Crippen LogP contribution in [0.25, 0.3) is 0 Å². The van der Waals surface area contributed by atoms with Gasteiger partial charge in [0, 0.05) is 19.4 Å². The number of pyridine rings is 1. The third kappa shape index (κ3) is 3.58. The molecule has 4 heteroatoms. The maximum absolute atomic E-state index is 5.57. The van der Waals surface area contributed by atoms with E-state index in [0.717, 1.165) is 9.13 Å². The molecule has 2 rings (SSSR count). The van der Waals surface area contributed by atoms with E-state index in [1.165, 1.54) is 3.57 Å². The molecule has 0 aliphatic heterocycles. The highest BCUT2D eigenvalue weighted by Crippen LogP contribution is 2.12. The molecule has 2 nitrogen and oxygen atoms in total. The summed E-state index contributed by atoms with van der Waals surface area (Å²) in [5, 5.41) is 0. The molecule has 0 amide bonds. The van der Waals surface area contributed by atoms with E-state index in [1.807, 2.05) is 12.1 Å². The number of nitrogens with zero attached hydrogens (tertiary/aromatic N) is 1. The van der Waals surface area contributed by atoms with Gasteiger partial charge in [-0.2, -0.15) is 0 Å². The van der Waals surface area contributed by atoms with Crippen LogP contribution in [0, 0.1) is 7.14 Å². The minimum Gasteiger partial charge on any atom is -0.473 e. The molecule has 1 aromatic heterocycles. The Morgan fingerprint density at radius 1 is 0.938 bits per heavy atom. The maximum atomic E-state index is 5.57. The van der Waals surface area contributed by atoms with Gasteiger partial charge in [-0.25, -0.2) is 4.98 Å². The fourth-order valence-corrected chi connectivity index (χ4v) is 1.86. The van der Waals surface area contributed by atoms with Crippen molar-refractivity contribution >= 4 is 45.2 Å². The number of halogens is 2. The molecule has 0 bridgehead atoms. The molecule has 0 atom stereocenters. The predicted octanol–water partition coefficient (Wildman–Crippen LogP) is 3.87. The second-order valence-corrected chi connectivity index (χ2v) is 5.72. The lowest BCUT2D eigenvalue weighted by Gasteiger charge is -2.05. The van der Waals surface area contributed by atoms with Gasteiger partial charge in [-0.1, -0.05) is 12.1 Å².